The minimum Gasteiger partial charge on any atom is -0.378 e. The predicted molar refractivity (Wildman–Crippen MR) is 67.8 cm³/mol. The van der Waals surface area contributed by atoms with Gasteiger partial charge >= 0.3 is 0 Å². The minimum atomic E-state index is -0.0529. The van der Waals surface area contributed by atoms with Crippen LogP contribution < -0.4 is 10.6 Å². The second-order valence-electron chi connectivity index (χ2n) is 3.84. The zero-order valence-electron chi connectivity index (χ0n) is 9.28. The molecule has 5 nitrogen and oxygen atoms in total. The molecule has 0 aliphatic carbocycles. The summed E-state index contributed by atoms with van der Waals surface area (Å²) in [6.45, 7) is 2.10. The van der Waals surface area contributed by atoms with E-state index in [2.05, 4.69) is 31.5 Å². The third-order valence-electron chi connectivity index (χ3n) is 2.43. The van der Waals surface area contributed by atoms with Crippen LogP contribution in [0.2, 0.25) is 0 Å². The monoisotopic (exact) mass is 299 g/mol. The van der Waals surface area contributed by atoms with Crippen LogP contribution in [0.5, 0.6) is 0 Å². The van der Waals surface area contributed by atoms with Crippen LogP contribution in [-0.4, -0.2) is 36.7 Å². The number of morpholine rings is 1. The van der Waals surface area contributed by atoms with Gasteiger partial charge in [0.1, 0.15) is 5.82 Å². The van der Waals surface area contributed by atoms with E-state index in [0.29, 0.717) is 25.5 Å². The van der Waals surface area contributed by atoms with Gasteiger partial charge in [-0.3, -0.25) is 4.79 Å². The molecular formula is C11H14BrN3O2. The molecule has 1 aromatic heterocycles. The summed E-state index contributed by atoms with van der Waals surface area (Å²) in [5, 5.41) is 5.98. The van der Waals surface area contributed by atoms with Gasteiger partial charge in [0.2, 0.25) is 5.91 Å². The maximum absolute atomic E-state index is 11.7. The summed E-state index contributed by atoms with van der Waals surface area (Å²) in [6.07, 6.45) is 2.05. The van der Waals surface area contributed by atoms with E-state index in [0.717, 1.165) is 11.0 Å². The Kier molecular flexibility index (Phi) is 4.47. The van der Waals surface area contributed by atoms with Crippen molar-refractivity contribution in [2.24, 2.45) is 0 Å². The molecule has 2 N–H and O–H groups in total. The normalized spacial score (nSPS) is 19.9. The number of nitrogens with one attached hydrogen (secondary N) is 2. The summed E-state index contributed by atoms with van der Waals surface area (Å²) in [7, 11) is 0. The molecule has 1 saturated heterocycles. The minimum absolute atomic E-state index is 0.0529. The van der Waals surface area contributed by atoms with E-state index in [4.69, 9.17) is 4.74 Å². The highest BCUT2D eigenvalue weighted by Gasteiger charge is 2.16. The second kappa shape index (κ2) is 6.09. The molecule has 1 amide bonds. The van der Waals surface area contributed by atoms with Crippen molar-refractivity contribution in [2.75, 3.05) is 25.1 Å². The molecule has 1 atom stereocenters. The Balaban J connectivity index is 1.82. The van der Waals surface area contributed by atoms with Gasteiger partial charge in [0.05, 0.1) is 13.2 Å². The summed E-state index contributed by atoms with van der Waals surface area (Å²) >= 11 is 3.29. The molecule has 2 rings (SSSR count). The number of carbonyl (C=O) groups excluding carboxylic acids is 1. The van der Waals surface area contributed by atoms with E-state index >= 15 is 0 Å². The first kappa shape index (κ1) is 12.5. The fraction of sp³-hybridized carbons (Fsp3) is 0.455. The first-order chi connectivity index (χ1) is 8.24. The molecule has 0 spiro atoms. The van der Waals surface area contributed by atoms with Gasteiger partial charge in [-0.1, -0.05) is 0 Å². The Morgan fingerprint density at radius 1 is 1.65 bits per heavy atom. The fourth-order valence-corrected chi connectivity index (χ4v) is 1.85. The van der Waals surface area contributed by atoms with Crippen LogP contribution in [0.15, 0.2) is 22.8 Å². The van der Waals surface area contributed by atoms with E-state index in [-0.39, 0.29) is 11.9 Å². The first-order valence-electron chi connectivity index (χ1n) is 5.46. The quantitative estimate of drug-likeness (QED) is 0.879. The van der Waals surface area contributed by atoms with Gasteiger partial charge < -0.3 is 15.4 Å². The lowest BCUT2D eigenvalue weighted by Crippen LogP contribution is -2.43. The van der Waals surface area contributed by atoms with Gasteiger partial charge in [0.15, 0.2) is 0 Å². The van der Waals surface area contributed by atoms with E-state index in [1.165, 1.54) is 0 Å². The average molecular weight is 300 g/mol. The van der Waals surface area contributed by atoms with Crippen LogP contribution in [0.4, 0.5) is 5.82 Å². The van der Waals surface area contributed by atoms with Crippen LogP contribution in [0.1, 0.15) is 6.42 Å². The third-order valence-corrected chi connectivity index (χ3v) is 2.89. The highest BCUT2D eigenvalue weighted by Crippen LogP contribution is 2.11. The molecule has 1 aliphatic heterocycles. The maximum atomic E-state index is 11.7. The van der Waals surface area contributed by atoms with E-state index in [1.54, 1.807) is 12.3 Å². The van der Waals surface area contributed by atoms with Crippen molar-refractivity contribution in [1.29, 1.82) is 0 Å². The van der Waals surface area contributed by atoms with Gasteiger partial charge in [-0.25, -0.2) is 4.98 Å². The fourth-order valence-electron chi connectivity index (χ4n) is 1.62. The van der Waals surface area contributed by atoms with Crippen LogP contribution in [-0.2, 0) is 9.53 Å². The molecule has 1 aromatic rings. The summed E-state index contributed by atoms with van der Waals surface area (Å²) in [5.41, 5.74) is 0. The predicted octanol–water partition coefficient (Wildman–Crippen LogP) is 1.16. The summed E-state index contributed by atoms with van der Waals surface area (Å²) < 4.78 is 6.17. The molecule has 1 aliphatic rings. The van der Waals surface area contributed by atoms with E-state index < -0.39 is 0 Å². The third kappa shape index (κ3) is 4.07. The number of nitrogens with zero attached hydrogens (tertiary/aromatic N) is 1. The molecular weight excluding hydrogens is 286 g/mol. The number of anilines is 1. The van der Waals surface area contributed by atoms with Gasteiger partial charge in [-0.2, -0.15) is 0 Å². The van der Waals surface area contributed by atoms with Crippen molar-refractivity contribution in [3.8, 4) is 0 Å². The number of hydrogen-bond acceptors (Lipinski definition) is 4. The number of amides is 1. The van der Waals surface area contributed by atoms with Crippen molar-refractivity contribution < 1.29 is 9.53 Å². The molecule has 1 unspecified atom stereocenters. The zero-order valence-corrected chi connectivity index (χ0v) is 10.9. The molecule has 0 bridgehead atoms. The number of carbonyl (C=O) groups is 1. The molecule has 17 heavy (non-hydrogen) atoms. The van der Waals surface area contributed by atoms with Crippen molar-refractivity contribution in [3.63, 3.8) is 0 Å². The summed E-state index contributed by atoms with van der Waals surface area (Å²) in [6, 6.07) is 3.69. The summed E-state index contributed by atoms with van der Waals surface area (Å²) in [4.78, 5) is 15.8. The van der Waals surface area contributed by atoms with Crippen LogP contribution in [0.3, 0.4) is 0 Å². The molecule has 2 heterocycles. The maximum Gasteiger partial charge on any atom is 0.227 e. The van der Waals surface area contributed by atoms with Gasteiger partial charge in [-0.15, -0.1) is 0 Å². The van der Waals surface area contributed by atoms with Crippen molar-refractivity contribution in [1.82, 2.24) is 10.3 Å². The van der Waals surface area contributed by atoms with E-state index in [1.807, 2.05) is 6.07 Å². The van der Waals surface area contributed by atoms with E-state index in [9.17, 15) is 4.79 Å². The second-order valence-corrected chi connectivity index (χ2v) is 4.76. The molecule has 0 aromatic carbocycles. The Morgan fingerprint density at radius 2 is 2.53 bits per heavy atom. The average Bonchev–Trinajstić information content (AvgIpc) is 2.33. The topological polar surface area (TPSA) is 63.2 Å². The van der Waals surface area contributed by atoms with Crippen molar-refractivity contribution >= 4 is 27.7 Å². The Morgan fingerprint density at radius 3 is 3.18 bits per heavy atom. The summed E-state index contributed by atoms with van der Waals surface area (Å²) in [5.74, 6) is 0.512. The Labute approximate surface area is 108 Å². The molecule has 6 heteroatoms. The Bertz CT molecular complexity index is 377. The molecule has 1 fully saturated rings. The lowest BCUT2D eigenvalue weighted by atomic mass is 10.2. The number of ether oxygens (including phenoxy) is 1. The standard InChI is InChI=1S/C11H14BrN3O2/c12-8-1-2-10(14-6-8)15-11(16)5-9-7-17-4-3-13-9/h1-2,6,9,13H,3-5,7H2,(H,14,15,16). The number of pyridine rings is 1. The first-order valence-corrected chi connectivity index (χ1v) is 6.26. The lowest BCUT2D eigenvalue weighted by Gasteiger charge is -2.23. The van der Waals surface area contributed by atoms with Crippen molar-refractivity contribution in [2.45, 2.75) is 12.5 Å². The SMILES string of the molecule is O=C(CC1COCCN1)Nc1ccc(Br)cn1. The number of aromatic nitrogens is 1. The van der Waals surface area contributed by atoms with Gasteiger partial charge in [0, 0.05) is 29.7 Å². The molecule has 0 radical (unpaired) electrons. The zero-order chi connectivity index (χ0) is 12.1. The van der Waals surface area contributed by atoms with Crippen LogP contribution in [0.25, 0.3) is 0 Å². The number of hydrogen-bond donors (Lipinski definition) is 2. The van der Waals surface area contributed by atoms with Crippen LogP contribution in [0, 0.1) is 0 Å². The van der Waals surface area contributed by atoms with Gasteiger partial charge in [0.25, 0.3) is 0 Å². The Hall–Kier alpha value is -0.980. The number of halogens is 1. The highest BCUT2D eigenvalue weighted by molar-refractivity contribution is 9.10. The van der Waals surface area contributed by atoms with Gasteiger partial charge in [-0.05, 0) is 28.1 Å². The number of rotatable bonds is 3. The lowest BCUT2D eigenvalue weighted by molar-refractivity contribution is -0.117. The molecule has 0 saturated carbocycles. The van der Waals surface area contributed by atoms with Crippen LogP contribution >= 0.6 is 15.9 Å². The largest absolute Gasteiger partial charge is 0.378 e. The van der Waals surface area contributed by atoms with Crippen molar-refractivity contribution in [3.05, 3.63) is 22.8 Å². The smallest absolute Gasteiger partial charge is 0.227 e. The molecule has 92 valence electrons. The highest BCUT2D eigenvalue weighted by atomic mass is 79.9.